The highest BCUT2D eigenvalue weighted by Crippen LogP contribution is 2.35. The molecule has 4 heteroatoms. The predicted octanol–water partition coefficient (Wildman–Crippen LogP) is 7.43. The third kappa shape index (κ3) is 4.89. The molecule has 0 spiro atoms. The van der Waals surface area contributed by atoms with E-state index in [1.807, 2.05) is 72.9 Å². The second-order valence-corrected chi connectivity index (χ2v) is 10.6. The van der Waals surface area contributed by atoms with Crippen LogP contribution in [-0.4, -0.2) is 5.78 Å². The molecule has 7 rings (SSSR count). The third-order valence-electron chi connectivity index (χ3n) is 8.13. The molecule has 0 radical (unpaired) electrons. The lowest BCUT2D eigenvalue weighted by Gasteiger charge is -2.30. The molecule has 4 aromatic carbocycles. The molecule has 1 N–H and O–H groups in total. The zero-order chi connectivity index (χ0) is 27.6. The Labute approximate surface area is 239 Å². The van der Waals surface area contributed by atoms with Crippen molar-refractivity contribution in [2.24, 2.45) is 16.1 Å². The van der Waals surface area contributed by atoms with E-state index in [1.165, 1.54) is 32.7 Å². The summed E-state index contributed by atoms with van der Waals surface area (Å²) in [4.78, 5) is 14.0. The number of ketones is 1. The van der Waals surface area contributed by atoms with Crippen LogP contribution in [0.3, 0.4) is 0 Å². The van der Waals surface area contributed by atoms with Crippen LogP contribution in [0.25, 0.3) is 23.3 Å². The van der Waals surface area contributed by atoms with Gasteiger partial charge in [0.25, 0.3) is 0 Å². The Morgan fingerprint density at radius 1 is 0.732 bits per heavy atom. The maximum atomic E-state index is 14.0. The van der Waals surface area contributed by atoms with Crippen LogP contribution in [0.15, 0.2) is 137 Å². The molecule has 41 heavy (non-hydrogen) atoms. The van der Waals surface area contributed by atoms with Gasteiger partial charge in [-0.25, -0.2) is 0 Å². The summed E-state index contributed by atoms with van der Waals surface area (Å²) >= 11 is 0. The van der Waals surface area contributed by atoms with Crippen molar-refractivity contribution in [2.75, 3.05) is 0 Å². The second kappa shape index (κ2) is 10.8. The van der Waals surface area contributed by atoms with Crippen molar-refractivity contribution in [3.8, 4) is 11.1 Å². The molecule has 1 heterocycles. The number of carbonyl (C=O) groups is 1. The molecular weight excluding hydrogens is 502 g/mol. The zero-order valence-electron chi connectivity index (χ0n) is 22.6. The van der Waals surface area contributed by atoms with E-state index in [9.17, 15) is 4.79 Å². The summed E-state index contributed by atoms with van der Waals surface area (Å²) in [6.45, 7) is 0. The second-order valence-electron chi connectivity index (χ2n) is 10.6. The van der Waals surface area contributed by atoms with Gasteiger partial charge in [0, 0.05) is 29.3 Å². The lowest BCUT2D eigenvalue weighted by Crippen LogP contribution is -2.39. The molecule has 2 atom stereocenters. The van der Waals surface area contributed by atoms with Gasteiger partial charge < -0.3 is 5.32 Å². The Morgan fingerprint density at radius 2 is 1.51 bits per heavy atom. The molecule has 2 unspecified atom stereocenters. The monoisotopic (exact) mass is 531 g/mol. The van der Waals surface area contributed by atoms with Gasteiger partial charge in [-0.05, 0) is 94.1 Å². The van der Waals surface area contributed by atoms with Gasteiger partial charge >= 0.3 is 0 Å². The number of nitrogens with one attached hydrogen (secondary N) is 1. The molecule has 4 nitrogen and oxygen atoms in total. The van der Waals surface area contributed by atoms with Crippen molar-refractivity contribution in [2.45, 2.75) is 18.8 Å². The molecular formula is C37H29N3O. The Balaban J connectivity index is 1.27. The smallest absolute Gasteiger partial charge is 0.169 e. The van der Waals surface area contributed by atoms with Gasteiger partial charge in [-0.2, -0.15) is 10.2 Å². The number of benzene rings is 4. The van der Waals surface area contributed by atoms with Gasteiger partial charge in [0.2, 0.25) is 0 Å². The highest BCUT2D eigenvalue weighted by molar-refractivity contribution is 6.01. The van der Waals surface area contributed by atoms with Crippen LogP contribution in [0, 0.1) is 5.92 Å². The maximum Gasteiger partial charge on any atom is 0.169 e. The van der Waals surface area contributed by atoms with E-state index in [0.717, 1.165) is 23.5 Å². The van der Waals surface area contributed by atoms with Gasteiger partial charge in [-0.1, -0.05) is 78.9 Å². The molecule has 0 saturated carbocycles. The van der Waals surface area contributed by atoms with Gasteiger partial charge in [-0.3, -0.25) is 4.79 Å². The highest BCUT2D eigenvalue weighted by atomic mass is 16.1. The highest BCUT2D eigenvalue weighted by Gasteiger charge is 2.31. The van der Waals surface area contributed by atoms with Crippen LogP contribution in [-0.2, 0) is 6.42 Å². The third-order valence-corrected chi connectivity index (χ3v) is 8.13. The molecule has 0 bridgehead atoms. The van der Waals surface area contributed by atoms with Crippen LogP contribution in [0.1, 0.15) is 33.8 Å². The fourth-order valence-corrected chi connectivity index (χ4v) is 6.10. The Kier molecular flexibility index (Phi) is 6.58. The Morgan fingerprint density at radius 3 is 2.37 bits per heavy atom. The average Bonchev–Trinajstić information content (AvgIpc) is 3.33. The molecule has 3 aliphatic rings. The molecule has 198 valence electrons. The summed E-state index contributed by atoms with van der Waals surface area (Å²) in [5.41, 5.74) is 8.44. The van der Waals surface area contributed by atoms with Crippen molar-refractivity contribution in [3.63, 3.8) is 0 Å². The minimum absolute atomic E-state index is 0.0752. The Hall–Kier alpha value is -5.09. The first-order chi connectivity index (χ1) is 20.2. The number of hydrogen-bond donors (Lipinski definition) is 1. The van der Waals surface area contributed by atoms with Crippen molar-refractivity contribution >= 4 is 29.3 Å². The van der Waals surface area contributed by atoms with E-state index >= 15 is 0 Å². The quantitative estimate of drug-likeness (QED) is 0.215. The number of Topliss-reactive ketones (excluding diaryl/α,β-unsaturated/α-hetero) is 1. The predicted molar refractivity (Wildman–Crippen MR) is 165 cm³/mol. The first kappa shape index (κ1) is 24.9. The summed E-state index contributed by atoms with van der Waals surface area (Å²) in [5.74, 6) is -0.0484. The summed E-state index contributed by atoms with van der Waals surface area (Å²) < 4.78 is 0. The number of rotatable bonds is 5. The topological polar surface area (TPSA) is 53.8 Å². The van der Waals surface area contributed by atoms with E-state index in [-0.39, 0.29) is 17.6 Å². The summed E-state index contributed by atoms with van der Waals surface area (Å²) in [7, 11) is 0. The van der Waals surface area contributed by atoms with Crippen LogP contribution in [0.2, 0.25) is 0 Å². The lowest BCUT2D eigenvalue weighted by molar-refractivity contribution is 0.0944. The number of hydrogen-bond acceptors (Lipinski definition) is 4. The van der Waals surface area contributed by atoms with Crippen LogP contribution < -0.4 is 15.8 Å². The molecule has 2 aliphatic carbocycles. The molecule has 1 aliphatic heterocycles. The van der Waals surface area contributed by atoms with Crippen LogP contribution >= 0.6 is 0 Å². The normalized spacial score (nSPS) is 18.6. The minimum atomic E-state index is -0.250. The zero-order valence-corrected chi connectivity index (χ0v) is 22.6. The first-order valence-corrected chi connectivity index (χ1v) is 14.1. The van der Waals surface area contributed by atoms with Crippen molar-refractivity contribution in [3.05, 3.63) is 154 Å². The van der Waals surface area contributed by atoms with Gasteiger partial charge in [0.15, 0.2) is 5.78 Å². The molecule has 0 aromatic heterocycles. The Bertz CT molecular complexity index is 1880. The standard InChI is InChI=1S/C37H29N3O/c41-37(26-14-17-29(18-15-26)40-39-28-10-3-1-4-11-28)27-23-34-32-19-16-25-9-6-7-12-30(25)31(32)20-21-33(34)35(24-27)36-13-5-2-8-22-38-36/h1-15,17-23,27,35,38H,16,24H2. The van der Waals surface area contributed by atoms with Crippen molar-refractivity contribution in [1.82, 2.24) is 5.32 Å². The molecule has 0 saturated heterocycles. The maximum absolute atomic E-state index is 14.0. The number of fused-ring (bicyclic) bond motifs is 5. The summed E-state index contributed by atoms with van der Waals surface area (Å²) in [6, 6.07) is 30.3. The first-order valence-electron chi connectivity index (χ1n) is 14.1. The van der Waals surface area contributed by atoms with E-state index < -0.39 is 0 Å². The van der Waals surface area contributed by atoms with Crippen molar-refractivity contribution < 1.29 is 4.79 Å². The van der Waals surface area contributed by atoms with Gasteiger partial charge in [-0.15, -0.1) is 0 Å². The number of carbonyl (C=O) groups excluding carboxylic acids is 1. The fraction of sp³-hybridized carbons (Fsp3) is 0.108. The molecule has 0 fully saturated rings. The number of nitrogens with zero attached hydrogens (tertiary/aromatic N) is 2. The average molecular weight is 532 g/mol. The minimum Gasteiger partial charge on any atom is -0.364 e. The van der Waals surface area contributed by atoms with Gasteiger partial charge in [0.1, 0.15) is 0 Å². The van der Waals surface area contributed by atoms with E-state index in [4.69, 9.17) is 0 Å². The number of allylic oxidation sites excluding steroid dienone is 5. The summed E-state index contributed by atoms with van der Waals surface area (Å²) in [6.07, 6.45) is 16.3. The van der Waals surface area contributed by atoms with E-state index in [1.54, 1.807) is 0 Å². The molecule has 4 aromatic rings. The van der Waals surface area contributed by atoms with E-state index in [0.29, 0.717) is 12.0 Å². The number of azo groups is 1. The van der Waals surface area contributed by atoms with Crippen LogP contribution in [0.4, 0.5) is 11.4 Å². The SMILES string of the molecule is O=C(c1ccc(N=Nc2ccccc2)cc1)C1C=c2c(ccc3c2=CCc2ccccc2-3)C(C2=CC=CC=CN2)C1. The van der Waals surface area contributed by atoms with Gasteiger partial charge in [0.05, 0.1) is 11.4 Å². The van der Waals surface area contributed by atoms with Crippen molar-refractivity contribution in [1.29, 1.82) is 0 Å². The largest absolute Gasteiger partial charge is 0.364 e. The molecule has 0 amide bonds. The van der Waals surface area contributed by atoms with Crippen LogP contribution in [0.5, 0.6) is 0 Å². The summed E-state index contributed by atoms with van der Waals surface area (Å²) in [5, 5.41) is 14.5. The fourth-order valence-electron chi connectivity index (χ4n) is 6.10. The van der Waals surface area contributed by atoms with E-state index in [2.05, 4.69) is 76.2 Å². The lowest BCUT2D eigenvalue weighted by atomic mass is 9.75.